The van der Waals surface area contributed by atoms with Gasteiger partial charge in [-0.3, -0.25) is 0 Å². The molecule has 0 fully saturated rings. The molecule has 0 heterocycles. The van der Waals surface area contributed by atoms with Gasteiger partial charge in [-0.05, 0) is 37.1 Å². The first-order chi connectivity index (χ1) is 8.50. The van der Waals surface area contributed by atoms with Crippen LogP contribution in [0, 0.1) is 5.92 Å². The first-order valence-electron chi connectivity index (χ1n) is 6.15. The van der Waals surface area contributed by atoms with E-state index in [1.807, 2.05) is 24.3 Å². The molecular formula is C14H21NO2S. The molecule has 1 unspecified atom stereocenters. The van der Waals surface area contributed by atoms with Crippen molar-refractivity contribution in [3.8, 4) is 5.75 Å². The van der Waals surface area contributed by atoms with Gasteiger partial charge < -0.3 is 15.2 Å². The van der Waals surface area contributed by atoms with Gasteiger partial charge in [-0.2, -0.15) is 0 Å². The summed E-state index contributed by atoms with van der Waals surface area (Å²) in [6.07, 6.45) is 0.255. The number of nitrogens with two attached hydrogens (primary N) is 1. The molecular weight excluding hydrogens is 246 g/mol. The lowest BCUT2D eigenvalue weighted by Gasteiger charge is -2.16. The number of hydrogen-bond acceptors (Lipinski definition) is 3. The van der Waals surface area contributed by atoms with E-state index in [9.17, 15) is 0 Å². The summed E-state index contributed by atoms with van der Waals surface area (Å²) in [6, 6.07) is 7.44. The molecule has 1 atom stereocenters. The van der Waals surface area contributed by atoms with Crippen LogP contribution >= 0.6 is 12.2 Å². The lowest BCUT2D eigenvalue weighted by Crippen LogP contribution is -2.19. The Balaban J connectivity index is 2.29. The van der Waals surface area contributed by atoms with Crippen LogP contribution < -0.4 is 10.5 Å². The van der Waals surface area contributed by atoms with E-state index in [0.29, 0.717) is 24.1 Å². The lowest BCUT2D eigenvalue weighted by atomic mass is 10.1. The second-order valence-electron chi connectivity index (χ2n) is 4.56. The summed E-state index contributed by atoms with van der Waals surface area (Å²) in [4.78, 5) is 0.399. The molecule has 2 N–H and O–H groups in total. The van der Waals surface area contributed by atoms with E-state index < -0.39 is 0 Å². The standard InChI is InChI=1S/C14H21NO2S/c1-10(2)11(3)16-8-9-17-13-6-4-12(5-7-13)14(15)18/h4-7,10-11H,8-9H2,1-3H3,(H2,15,18). The van der Waals surface area contributed by atoms with E-state index in [0.717, 1.165) is 11.3 Å². The highest BCUT2D eigenvalue weighted by molar-refractivity contribution is 7.80. The summed E-state index contributed by atoms with van der Waals surface area (Å²) in [5, 5.41) is 0. The molecule has 0 bridgehead atoms. The zero-order valence-electron chi connectivity index (χ0n) is 11.2. The second kappa shape index (κ2) is 7.34. The molecule has 1 rings (SSSR count). The number of ether oxygens (including phenoxy) is 2. The van der Waals surface area contributed by atoms with E-state index >= 15 is 0 Å². The van der Waals surface area contributed by atoms with Crippen LogP contribution in [-0.2, 0) is 4.74 Å². The molecule has 1 aromatic carbocycles. The van der Waals surface area contributed by atoms with Gasteiger partial charge >= 0.3 is 0 Å². The maximum absolute atomic E-state index is 5.62. The summed E-state index contributed by atoms with van der Waals surface area (Å²) < 4.78 is 11.2. The molecule has 18 heavy (non-hydrogen) atoms. The average molecular weight is 267 g/mol. The van der Waals surface area contributed by atoms with Crippen molar-refractivity contribution >= 4 is 17.2 Å². The molecule has 0 aliphatic carbocycles. The third kappa shape index (κ3) is 5.02. The molecule has 4 heteroatoms. The van der Waals surface area contributed by atoms with E-state index in [1.165, 1.54) is 0 Å². The fraction of sp³-hybridized carbons (Fsp3) is 0.500. The van der Waals surface area contributed by atoms with Crippen LogP contribution in [-0.4, -0.2) is 24.3 Å². The lowest BCUT2D eigenvalue weighted by molar-refractivity contribution is 0.0188. The molecule has 3 nitrogen and oxygen atoms in total. The molecule has 100 valence electrons. The Morgan fingerprint density at radius 3 is 2.28 bits per heavy atom. The molecule has 0 aromatic heterocycles. The number of rotatable bonds is 7. The van der Waals surface area contributed by atoms with Crippen LogP contribution in [0.2, 0.25) is 0 Å². The first-order valence-corrected chi connectivity index (χ1v) is 6.55. The van der Waals surface area contributed by atoms with Gasteiger partial charge in [-0.15, -0.1) is 0 Å². The van der Waals surface area contributed by atoms with Crippen LogP contribution in [0.1, 0.15) is 26.3 Å². The summed E-state index contributed by atoms with van der Waals surface area (Å²) in [7, 11) is 0. The number of hydrogen-bond donors (Lipinski definition) is 1. The highest BCUT2D eigenvalue weighted by Crippen LogP contribution is 2.12. The summed E-state index contributed by atoms with van der Waals surface area (Å²) in [5.41, 5.74) is 6.37. The van der Waals surface area contributed by atoms with Crippen LogP contribution in [0.25, 0.3) is 0 Å². The highest BCUT2D eigenvalue weighted by atomic mass is 32.1. The predicted octanol–water partition coefficient (Wildman–Crippen LogP) is 2.76. The van der Waals surface area contributed by atoms with E-state index in [1.54, 1.807) is 0 Å². The SMILES string of the molecule is CC(C)C(C)OCCOc1ccc(C(N)=S)cc1. The zero-order chi connectivity index (χ0) is 13.5. The summed E-state index contributed by atoms with van der Waals surface area (Å²) >= 11 is 4.88. The Hall–Kier alpha value is -1.13. The van der Waals surface area contributed by atoms with Gasteiger partial charge in [-0.25, -0.2) is 0 Å². The van der Waals surface area contributed by atoms with Crippen molar-refractivity contribution in [1.29, 1.82) is 0 Å². The second-order valence-corrected chi connectivity index (χ2v) is 5.00. The van der Waals surface area contributed by atoms with Gasteiger partial charge in [-0.1, -0.05) is 26.1 Å². The number of thiocarbonyl (C=S) groups is 1. The molecule has 1 aromatic rings. The first kappa shape index (κ1) is 14.9. The molecule has 0 spiro atoms. The van der Waals surface area contributed by atoms with Crippen molar-refractivity contribution in [2.75, 3.05) is 13.2 Å². The van der Waals surface area contributed by atoms with Crippen LogP contribution in [0.4, 0.5) is 0 Å². The van der Waals surface area contributed by atoms with Gasteiger partial charge in [0.15, 0.2) is 0 Å². The summed E-state index contributed by atoms with van der Waals surface area (Å²) in [5.74, 6) is 1.32. The Bertz CT molecular complexity index is 376. The maximum atomic E-state index is 5.62. The largest absolute Gasteiger partial charge is 0.491 e. The third-order valence-electron chi connectivity index (χ3n) is 2.81. The molecule has 0 saturated heterocycles. The van der Waals surface area contributed by atoms with E-state index in [4.69, 9.17) is 27.4 Å². The van der Waals surface area contributed by atoms with Crippen molar-refractivity contribution < 1.29 is 9.47 Å². The smallest absolute Gasteiger partial charge is 0.119 e. The Morgan fingerprint density at radius 2 is 1.78 bits per heavy atom. The van der Waals surface area contributed by atoms with Crippen LogP contribution in [0.5, 0.6) is 5.75 Å². The van der Waals surface area contributed by atoms with Crippen LogP contribution in [0.3, 0.4) is 0 Å². The van der Waals surface area contributed by atoms with E-state index in [-0.39, 0.29) is 6.10 Å². The minimum Gasteiger partial charge on any atom is -0.491 e. The summed E-state index contributed by atoms with van der Waals surface area (Å²) in [6.45, 7) is 7.49. The topological polar surface area (TPSA) is 44.5 Å². The minimum atomic E-state index is 0.255. The Labute approximate surface area is 114 Å². The van der Waals surface area contributed by atoms with Gasteiger partial charge in [0.2, 0.25) is 0 Å². The fourth-order valence-electron chi connectivity index (χ4n) is 1.30. The van der Waals surface area contributed by atoms with E-state index in [2.05, 4.69) is 20.8 Å². The molecule has 0 amide bonds. The van der Waals surface area contributed by atoms with Gasteiger partial charge in [0.1, 0.15) is 17.3 Å². The molecule has 0 aliphatic heterocycles. The highest BCUT2D eigenvalue weighted by Gasteiger charge is 2.06. The fourth-order valence-corrected chi connectivity index (χ4v) is 1.44. The normalized spacial score (nSPS) is 12.4. The Kier molecular flexibility index (Phi) is 6.09. The van der Waals surface area contributed by atoms with Gasteiger partial charge in [0, 0.05) is 5.56 Å². The molecule has 0 radical (unpaired) electrons. The zero-order valence-corrected chi connectivity index (χ0v) is 12.0. The Morgan fingerprint density at radius 1 is 1.17 bits per heavy atom. The van der Waals surface area contributed by atoms with Crippen LogP contribution in [0.15, 0.2) is 24.3 Å². The average Bonchev–Trinajstić information content (AvgIpc) is 2.34. The molecule has 0 aliphatic rings. The minimum absolute atomic E-state index is 0.255. The number of benzene rings is 1. The monoisotopic (exact) mass is 267 g/mol. The van der Waals surface area contributed by atoms with Gasteiger partial charge in [0.05, 0.1) is 12.7 Å². The van der Waals surface area contributed by atoms with Crippen molar-refractivity contribution in [2.24, 2.45) is 11.7 Å². The molecule has 0 saturated carbocycles. The predicted molar refractivity (Wildman–Crippen MR) is 78.1 cm³/mol. The third-order valence-corrected chi connectivity index (χ3v) is 3.05. The van der Waals surface area contributed by atoms with Gasteiger partial charge in [0.25, 0.3) is 0 Å². The maximum Gasteiger partial charge on any atom is 0.119 e. The van der Waals surface area contributed by atoms with Crippen molar-refractivity contribution in [3.63, 3.8) is 0 Å². The van der Waals surface area contributed by atoms with Crippen molar-refractivity contribution in [2.45, 2.75) is 26.9 Å². The van der Waals surface area contributed by atoms with Crippen molar-refractivity contribution in [1.82, 2.24) is 0 Å². The van der Waals surface area contributed by atoms with Crippen molar-refractivity contribution in [3.05, 3.63) is 29.8 Å². The quantitative estimate of drug-likeness (QED) is 0.609.